The third kappa shape index (κ3) is 3.75. The molecule has 0 saturated carbocycles. The topological polar surface area (TPSA) is 47.6 Å². The molecule has 6 heteroatoms. The molecule has 1 aromatic heterocycles. The highest BCUT2D eigenvalue weighted by atomic mass is 79.9. The molecule has 0 unspecified atom stereocenters. The Morgan fingerprint density at radius 1 is 1.07 bits per heavy atom. The van der Waals surface area contributed by atoms with Gasteiger partial charge >= 0.3 is 0 Å². The van der Waals surface area contributed by atoms with E-state index in [9.17, 15) is 4.39 Å². The van der Waals surface area contributed by atoms with E-state index in [0.717, 1.165) is 27.0 Å². The van der Waals surface area contributed by atoms with Gasteiger partial charge in [0.2, 0.25) is 5.89 Å². The monoisotopic (exact) mass is 424 g/mol. The minimum atomic E-state index is -0.295. The molecule has 27 heavy (non-hydrogen) atoms. The Morgan fingerprint density at radius 3 is 2.63 bits per heavy atom. The lowest BCUT2D eigenvalue weighted by Crippen LogP contribution is -1.86. The molecule has 4 rings (SSSR count). The summed E-state index contributed by atoms with van der Waals surface area (Å²) in [6, 6.07) is 17.3. The zero-order valence-corrected chi connectivity index (χ0v) is 15.9. The van der Waals surface area contributed by atoms with Crippen LogP contribution in [0.15, 0.2) is 74.5 Å². The molecule has 3 aromatic carbocycles. The lowest BCUT2D eigenvalue weighted by Gasteiger charge is -2.03. The highest BCUT2D eigenvalue weighted by Gasteiger charge is 2.09. The SMILES string of the molecule is COc1ccc(C=Nc2ccc3oc(-c4ccc(F)cc4)nc3c2)cc1Br. The van der Waals surface area contributed by atoms with Crippen LogP contribution in [0.25, 0.3) is 22.6 Å². The first kappa shape index (κ1) is 17.4. The summed E-state index contributed by atoms with van der Waals surface area (Å²) in [5.41, 5.74) is 3.77. The highest BCUT2D eigenvalue weighted by molar-refractivity contribution is 9.10. The maximum atomic E-state index is 13.1. The first-order chi connectivity index (χ1) is 13.1. The number of fused-ring (bicyclic) bond motifs is 1. The minimum absolute atomic E-state index is 0.295. The summed E-state index contributed by atoms with van der Waals surface area (Å²) in [4.78, 5) is 8.98. The normalized spacial score (nSPS) is 11.4. The van der Waals surface area contributed by atoms with Gasteiger partial charge in [-0.2, -0.15) is 0 Å². The number of aliphatic imine (C=N–C) groups is 1. The molecule has 0 amide bonds. The first-order valence-electron chi connectivity index (χ1n) is 8.16. The van der Waals surface area contributed by atoms with E-state index in [-0.39, 0.29) is 5.82 Å². The zero-order valence-electron chi connectivity index (χ0n) is 14.3. The predicted octanol–water partition coefficient (Wildman–Crippen LogP) is 6.16. The second-order valence-corrected chi connectivity index (χ2v) is 6.68. The number of rotatable bonds is 4. The number of nitrogens with zero attached hydrogens (tertiary/aromatic N) is 2. The van der Waals surface area contributed by atoms with Crippen LogP contribution in [-0.4, -0.2) is 18.3 Å². The van der Waals surface area contributed by atoms with Crippen LogP contribution in [0.5, 0.6) is 5.75 Å². The predicted molar refractivity (Wildman–Crippen MR) is 107 cm³/mol. The van der Waals surface area contributed by atoms with Crippen LogP contribution in [0.3, 0.4) is 0 Å². The Labute approximate surface area is 163 Å². The van der Waals surface area contributed by atoms with Crippen molar-refractivity contribution in [3.63, 3.8) is 0 Å². The van der Waals surface area contributed by atoms with E-state index in [1.807, 2.05) is 36.4 Å². The van der Waals surface area contributed by atoms with Gasteiger partial charge in [-0.15, -0.1) is 0 Å². The average Bonchev–Trinajstić information content (AvgIpc) is 3.10. The van der Waals surface area contributed by atoms with Gasteiger partial charge in [-0.1, -0.05) is 0 Å². The summed E-state index contributed by atoms with van der Waals surface area (Å²) < 4.78 is 24.9. The van der Waals surface area contributed by atoms with Crippen molar-refractivity contribution in [1.82, 2.24) is 4.98 Å². The fourth-order valence-electron chi connectivity index (χ4n) is 2.62. The van der Waals surface area contributed by atoms with E-state index in [2.05, 4.69) is 25.9 Å². The molecule has 0 bridgehead atoms. The van der Waals surface area contributed by atoms with Gasteiger partial charge in [0, 0.05) is 11.8 Å². The van der Waals surface area contributed by atoms with Crippen LogP contribution in [0.1, 0.15) is 5.56 Å². The zero-order chi connectivity index (χ0) is 18.8. The quantitative estimate of drug-likeness (QED) is 0.368. The van der Waals surface area contributed by atoms with Crippen LogP contribution in [0, 0.1) is 5.82 Å². The van der Waals surface area contributed by atoms with Crippen LogP contribution in [-0.2, 0) is 0 Å². The van der Waals surface area contributed by atoms with Gasteiger partial charge in [0.25, 0.3) is 0 Å². The van der Waals surface area contributed by atoms with Crippen molar-refractivity contribution in [1.29, 1.82) is 0 Å². The lowest BCUT2D eigenvalue weighted by atomic mass is 10.2. The van der Waals surface area contributed by atoms with Gasteiger partial charge in [-0.3, -0.25) is 4.99 Å². The number of oxazole rings is 1. The standard InChI is InChI=1S/C21H14BrFN2O2/c1-26-19-8-2-13(10-17(19)22)12-24-16-7-9-20-18(11-16)25-21(27-20)14-3-5-15(23)6-4-14/h2-12H,1H3. The van der Waals surface area contributed by atoms with Crippen LogP contribution >= 0.6 is 15.9 Å². The third-order valence-corrected chi connectivity index (χ3v) is 4.62. The Bertz CT molecular complexity index is 1140. The fourth-order valence-corrected chi connectivity index (χ4v) is 3.18. The molecule has 0 spiro atoms. The Kier molecular flexibility index (Phi) is 4.73. The molecule has 0 radical (unpaired) electrons. The van der Waals surface area contributed by atoms with Crippen molar-refractivity contribution in [2.45, 2.75) is 0 Å². The Hall–Kier alpha value is -2.99. The summed E-state index contributed by atoms with van der Waals surface area (Å²) in [6.07, 6.45) is 1.77. The Morgan fingerprint density at radius 2 is 1.89 bits per heavy atom. The molecular weight excluding hydrogens is 411 g/mol. The van der Waals surface area contributed by atoms with Crippen molar-refractivity contribution in [3.8, 4) is 17.2 Å². The molecule has 134 valence electrons. The molecule has 0 aliphatic rings. The number of aromatic nitrogens is 1. The number of methoxy groups -OCH3 is 1. The van der Waals surface area contributed by atoms with E-state index < -0.39 is 0 Å². The van der Waals surface area contributed by atoms with Gasteiger partial charge in [-0.25, -0.2) is 9.37 Å². The second kappa shape index (κ2) is 7.32. The molecule has 4 aromatic rings. The molecule has 4 nitrogen and oxygen atoms in total. The van der Waals surface area contributed by atoms with Gasteiger partial charge in [0.05, 0.1) is 17.3 Å². The maximum absolute atomic E-state index is 13.1. The van der Waals surface area contributed by atoms with Crippen molar-refractivity contribution in [3.05, 3.63) is 76.5 Å². The summed E-state index contributed by atoms with van der Waals surface area (Å²) in [6.45, 7) is 0. The van der Waals surface area contributed by atoms with Gasteiger partial charge in [-0.05, 0) is 82.2 Å². The maximum Gasteiger partial charge on any atom is 0.227 e. The van der Waals surface area contributed by atoms with Gasteiger partial charge in [0.1, 0.15) is 17.1 Å². The molecule has 0 fully saturated rings. The first-order valence-corrected chi connectivity index (χ1v) is 8.96. The average molecular weight is 425 g/mol. The molecule has 0 atom stereocenters. The smallest absolute Gasteiger partial charge is 0.227 e. The van der Waals surface area contributed by atoms with Crippen LogP contribution in [0.4, 0.5) is 10.1 Å². The van der Waals surface area contributed by atoms with E-state index in [1.165, 1.54) is 12.1 Å². The van der Waals surface area contributed by atoms with Gasteiger partial charge in [0.15, 0.2) is 5.58 Å². The molecule has 0 aliphatic carbocycles. The molecular formula is C21H14BrFN2O2. The lowest BCUT2D eigenvalue weighted by molar-refractivity contribution is 0.412. The second-order valence-electron chi connectivity index (χ2n) is 5.83. The third-order valence-electron chi connectivity index (χ3n) is 4.00. The highest BCUT2D eigenvalue weighted by Crippen LogP contribution is 2.28. The van der Waals surface area contributed by atoms with E-state index in [4.69, 9.17) is 9.15 Å². The number of hydrogen-bond donors (Lipinski definition) is 0. The number of ether oxygens (including phenoxy) is 1. The molecule has 0 aliphatic heterocycles. The summed E-state index contributed by atoms with van der Waals surface area (Å²) >= 11 is 3.46. The summed E-state index contributed by atoms with van der Waals surface area (Å²) in [5, 5.41) is 0. The van der Waals surface area contributed by atoms with Crippen LogP contribution < -0.4 is 4.74 Å². The summed E-state index contributed by atoms with van der Waals surface area (Å²) in [5.74, 6) is 0.923. The number of hydrogen-bond acceptors (Lipinski definition) is 4. The van der Waals surface area contributed by atoms with Gasteiger partial charge < -0.3 is 9.15 Å². The van der Waals surface area contributed by atoms with Crippen molar-refractivity contribution in [2.24, 2.45) is 4.99 Å². The molecule has 0 saturated heterocycles. The molecule has 1 heterocycles. The van der Waals surface area contributed by atoms with Crippen molar-refractivity contribution >= 4 is 38.9 Å². The Balaban J connectivity index is 1.61. The van der Waals surface area contributed by atoms with Crippen molar-refractivity contribution in [2.75, 3.05) is 7.11 Å². The molecule has 0 N–H and O–H groups in total. The van der Waals surface area contributed by atoms with E-state index >= 15 is 0 Å². The number of halogens is 2. The largest absolute Gasteiger partial charge is 0.496 e. The fraction of sp³-hybridized carbons (Fsp3) is 0.0476. The summed E-state index contributed by atoms with van der Waals surface area (Å²) in [7, 11) is 1.63. The van der Waals surface area contributed by atoms with E-state index in [0.29, 0.717) is 17.0 Å². The number of benzene rings is 3. The minimum Gasteiger partial charge on any atom is -0.496 e. The van der Waals surface area contributed by atoms with E-state index in [1.54, 1.807) is 25.5 Å². The van der Waals surface area contributed by atoms with Crippen LogP contribution in [0.2, 0.25) is 0 Å². The van der Waals surface area contributed by atoms with Crippen molar-refractivity contribution < 1.29 is 13.5 Å².